The van der Waals surface area contributed by atoms with Gasteiger partial charge < -0.3 is 16.0 Å². The van der Waals surface area contributed by atoms with Crippen LogP contribution in [0.5, 0.6) is 0 Å². The van der Waals surface area contributed by atoms with Crippen LogP contribution in [0.4, 0.5) is 4.79 Å². The summed E-state index contributed by atoms with van der Waals surface area (Å²) in [6.45, 7) is 7.84. The molecule has 0 bridgehead atoms. The maximum absolute atomic E-state index is 11.9. The summed E-state index contributed by atoms with van der Waals surface area (Å²) in [7, 11) is 0. The second-order valence-electron chi connectivity index (χ2n) is 6.18. The van der Waals surface area contributed by atoms with E-state index in [2.05, 4.69) is 29.8 Å². The monoisotopic (exact) mass is 333 g/mol. The average Bonchev–Trinajstić information content (AvgIpc) is 2.59. The minimum absolute atomic E-state index is 0.122. The van der Waals surface area contributed by atoms with Crippen LogP contribution >= 0.6 is 0 Å². The predicted molar refractivity (Wildman–Crippen MR) is 98.2 cm³/mol. The molecule has 1 atom stereocenters. The van der Waals surface area contributed by atoms with Crippen LogP contribution in [0.3, 0.4) is 0 Å². The minimum Gasteiger partial charge on any atom is -0.350 e. The second kappa shape index (κ2) is 11.5. The van der Waals surface area contributed by atoms with Crippen LogP contribution in [0, 0.1) is 12.8 Å². The first-order valence-corrected chi connectivity index (χ1v) is 8.93. The summed E-state index contributed by atoms with van der Waals surface area (Å²) in [5.41, 5.74) is 1.75. The SMILES string of the molecule is CCCCC(CC)CNC(=O)NCCNC(=O)c1ccc(C)cc1. The summed E-state index contributed by atoms with van der Waals surface area (Å²) < 4.78 is 0. The lowest BCUT2D eigenvalue weighted by atomic mass is 9.99. The number of unbranched alkanes of at least 4 members (excludes halogenated alkanes) is 1. The highest BCUT2D eigenvalue weighted by atomic mass is 16.2. The molecule has 0 radical (unpaired) electrons. The molecule has 0 aromatic heterocycles. The van der Waals surface area contributed by atoms with E-state index in [1.807, 2.05) is 19.1 Å². The number of carbonyl (C=O) groups is 2. The van der Waals surface area contributed by atoms with Gasteiger partial charge in [-0.15, -0.1) is 0 Å². The first-order chi connectivity index (χ1) is 11.6. The largest absolute Gasteiger partial charge is 0.350 e. The molecule has 0 saturated heterocycles. The fourth-order valence-corrected chi connectivity index (χ4v) is 2.40. The van der Waals surface area contributed by atoms with Crippen LogP contribution in [0.2, 0.25) is 0 Å². The highest BCUT2D eigenvalue weighted by Crippen LogP contribution is 2.10. The Bertz CT molecular complexity index is 500. The topological polar surface area (TPSA) is 70.2 Å². The van der Waals surface area contributed by atoms with Crippen molar-refractivity contribution in [2.75, 3.05) is 19.6 Å². The number of benzene rings is 1. The molecule has 0 spiro atoms. The highest BCUT2D eigenvalue weighted by molar-refractivity contribution is 5.94. The number of carbonyl (C=O) groups excluding carboxylic acids is 2. The Morgan fingerprint density at radius 3 is 2.29 bits per heavy atom. The fraction of sp³-hybridized carbons (Fsp3) is 0.579. The molecular weight excluding hydrogens is 302 g/mol. The molecule has 5 nitrogen and oxygen atoms in total. The van der Waals surface area contributed by atoms with Crippen molar-refractivity contribution in [3.8, 4) is 0 Å². The summed E-state index contributed by atoms with van der Waals surface area (Å²) >= 11 is 0. The number of amides is 3. The molecular formula is C19H31N3O2. The van der Waals surface area contributed by atoms with E-state index in [0.29, 0.717) is 31.1 Å². The van der Waals surface area contributed by atoms with Crippen molar-refractivity contribution in [2.24, 2.45) is 5.92 Å². The number of hydrogen-bond acceptors (Lipinski definition) is 2. The Balaban J connectivity index is 2.16. The second-order valence-corrected chi connectivity index (χ2v) is 6.18. The van der Waals surface area contributed by atoms with E-state index in [4.69, 9.17) is 0 Å². The normalized spacial score (nSPS) is 11.6. The third-order valence-corrected chi connectivity index (χ3v) is 4.10. The number of rotatable bonds is 10. The Labute approximate surface area is 145 Å². The van der Waals surface area contributed by atoms with E-state index >= 15 is 0 Å². The van der Waals surface area contributed by atoms with E-state index in [-0.39, 0.29) is 11.9 Å². The lowest BCUT2D eigenvalue weighted by Crippen LogP contribution is -2.41. The zero-order valence-electron chi connectivity index (χ0n) is 15.2. The summed E-state index contributed by atoms with van der Waals surface area (Å²) in [6.07, 6.45) is 4.61. The maximum Gasteiger partial charge on any atom is 0.314 e. The van der Waals surface area contributed by atoms with Crippen molar-refractivity contribution in [1.82, 2.24) is 16.0 Å². The number of aryl methyl sites for hydroxylation is 1. The molecule has 1 unspecified atom stereocenters. The zero-order valence-corrected chi connectivity index (χ0v) is 15.2. The van der Waals surface area contributed by atoms with Crippen LogP contribution in [-0.4, -0.2) is 31.6 Å². The van der Waals surface area contributed by atoms with E-state index in [1.165, 1.54) is 12.8 Å². The Kier molecular flexibility index (Phi) is 9.58. The van der Waals surface area contributed by atoms with Gasteiger partial charge in [0.25, 0.3) is 5.91 Å². The van der Waals surface area contributed by atoms with Crippen molar-refractivity contribution >= 4 is 11.9 Å². The van der Waals surface area contributed by atoms with Crippen molar-refractivity contribution < 1.29 is 9.59 Å². The zero-order chi connectivity index (χ0) is 17.8. The summed E-state index contributed by atoms with van der Waals surface area (Å²) in [5.74, 6) is 0.416. The van der Waals surface area contributed by atoms with Gasteiger partial charge in [0.1, 0.15) is 0 Å². The molecule has 0 heterocycles. The van der Waals surface area contributed by atoms with Crippen LogP contribution in [0.25, 0.3) is 0 Å². The fourth-order valence-electron chi connectivity index (χ4n) is 2.40. The van der Waals surface area contributed by atoms with Crippen molar-refractivity contribution in [1.29, 1.82) is 0 Å². The Morgan fingerprint density at radius 2 is 1.67 bits per heavy atom. The lowest BCUT2D eigenvalue weighted by molar-refractivity contribution is 0.0954. The van der Waals surface area contributed by atoms with E-state index in [9.17, 15) is 9.59 Å². The summed E-state index contributed by atoms with van der Waals surface area (Å²) in [5, 5.41) is 8.47. The van der Waals surface area contributed by atoms with Gasteiger partial charge in [-0.25, -0.2) is 4.79 Å². The van der Waals surface area contributed by atoms with Gasteiger partial charge in [-0.05, 0) is 31.4 Å². The predicted octanol–water partition coefficient (Wildman–Crippen LogP) is 3.24. The molecule has 1 aromatic rings. The molecule has 5 heteroatoms. The third kappa shape index (κ3) is 7.99. The van der Waals surface area contributed by atoms with E-state index in [0.717, 1.165) is 18.4 Å². The third-order valence-electron chi connectivity index (χ3n) is 4.10. The number of nitrogens with one attached hydrogen (secondary N) is 3. The molecule has 3 amide bonds. The molecule has 0 saturated carbocycles. The lowest BCUT2D eigenvalue weighted by Gasteiger charge is -2.15. The van der Waals surface area contributed by atoms with Crippen LogP contribution < -0.4 is 16.0 Å². The Morgan fingerprint density at radius 1 is 1.00 bits per heavy atom. The first kappa shape index (κ1) is 20.0. The summed E-state index contributed by atoms with van der Waals surface area (Å²) in [4.78, 5) is 23.7. The van der Waals surface area contributed by atoms with Crippen molar-refractivity contribution in [2.45, 2.75) is 46.5 Å². The van der Waals surface area contributed by atoms with Crippen LogP contribution in [0.1, 0.15) is 55.5 Å². The number of urea groups is 1. The van der Waals surface area contributed by atoms with Gasteiger partial charge in [0.2, 0.25) is 0 Å². The van der Waals surface area contributed by atoms with Gasteiger partial charge in [-0.1, -0.05) is 50.8 Å². The highest BCUT2D eigenvalue weighted by Gasteiger charge is 2.08. The van der Waals surface area contributed by atoms with Crippen LogP contribution in [0.15, 0.2) is 24.3 Å². The molecule has 24 heavy (non-hydrogen) atoms. The van der Waals surface area contributed by atoms with Crippen molar-refractivity contribution in [3.05, 3.63) is 35.4 Å². The van der Waals surface area contributed by atoms with Gasteiger partial charge in [0, 0.05) is 25.2 Å². The minimum atomic E-state index is -0.172. The number of hydrogen-bond donors (Lipinski definition) is 3. The van der Waals surface area contributed by atoms with Gasteiger partial charge in [0.05, 0.1) is 0 Å². The molecule has 134 valence electrons. The van der Waals surface area contributed by atoms with Gasteiger partial charge >= 0.3 is 6.03 Å². The molecule has 3 N–H and O–H groups in total. The van der Waals surface area contributed by atoms with Crippen molar-refractivity contribution in [3.63, 3.8) is 0 Å². The smallest absolute Gasteiger partial charge is 0.314 e. The average molecular weight is 333 g/mol. The molecule has 0 aliphatic carbocycles. The van der Waals surface area contributed by atoms with E-state index in [1.54, 1.807) is 12.1 Å². The maximum atomic E-state index is 11.9. The molecule has 1 aromatic carbocycles. The molecule has 0 aliphatic rings. The van der Waals surface area contributed by atoms with E-state index < -0.39 is 0 Å². The quantitative estimate of drug-likeness (QED) is 0.575. The molecule has 0 fully saturated rings. The van der Waals surface area contributed by atoms with Gasteiger partial charge in [-0.3, -0.25) is 4.79 Å². The van der Waals surface area contributed by atoms with Gasteiger partial charge in [0.15, 0.2) is 0 Å². The Hall–Kier alpha value is -2.04. The van der Waals surface area contributed by atoms with Gasteiger partial charge in [-0.2, -0.15) is 0 Å². The summed E-state index contributed by atoms with van der Waals surface area (Å²) in [6, 6.07) is 7.24. The molecule has 0 aliphatic heterocycles. The standard InChI is InChI=1S/C19H31N3O2/c1-4-6-7-16(5-2)14-22-19(24)21-13-12-20-18(23)17-10-8-15(3)9-11-17/h8-11,16H,4-7,12-14H2,1-3H3,(H,20,23)(H2,21,22,24). The first-order valence-electron chi connectivity index (χ1n) is 8.93. The van der Waals surface area contributed by atoms with Crippen LogP contribution in [-0.2, 0) is 0 Å². The molecule has 1 rings (SSSR count).